The van der Waals surface area contributed by atoms with Gasteiger partial charge in [0, 0.05) is 25.1 Å². The Morgan fingerprint density at radius 2 is 1.90 bits per heavy atom. The number of hydrogen-bond acceptors (Lipinski definition) is 2. The molecule has 0 radical (unpaired) electrons. The highest BCUT2D eigenvalue weighted by Gasteiger charge is 2.38. The third-order valence-electron chi connectivity index (χ3n) is 4.68. The average Bonchev–Trinajstić information content (AvgIpc) is 2.48. The summed E-state index contributed by atoms with van der Waals surface area (Å²) in [4.78, 5) is 14.0. The van der Waals surface area contributed by atoms with Gasteiger partial charge in [0.2, 0.25) is 0 Å². The number of benzene rings is 1. The van der Waals surface area contributed by atoms with Crippen LogP contribution in [0.2, 0.25) is 0 Å². The zero-order valence-corrected chi connectivity index (χ0v) is 12.3. The van der Waals surface area contributed by atoms with Crippen molar-refractivity contribution in [1.29, 1.82) is 0 Å². The Bertz CT molecular complexity index is 554. The van der Waals surface area contributed by atoms with E-state index in [-0.39, 0.29) is 11.3 Å². The van der Waals surface area contributed by atoms with Crippen LogP contribution in [-0.4, -0.2) is 38.0 Å². The van der Waals surface area contributed by atoms with Crippen LogP contribution in [0.1, 0.15) is 30.4 Å². The Morgan fingerprint density at radius 3 is 2.60 bits per heavy atom. The van der Waals surface area contributed by atoms with Crippen molar-refractivity contribution < 1.29 is 4.79 Å². The minimum atomic E-state index is 0.112. The van der Waals surface area contributed by atoms with Crippen molar-refractivity contribution in [2.45, 2.75) is 24.7 Å². The van der Waals surface area contributed by atoms with Crippen molar-refractivity contribution in [2.75, 3.05) is 27.2 Å². The number of fused-ring (bicyclic) bond motifs is 2. The van der Waals surface area contributed by atoms with Crippen molar-refractivity contribution in [3.05, 3.63) is 41.5 Å². The van der Waals surface area contributed by atoms with E-state index in [1.54, 1.807) is 4.90 Å². The van der Waals surface area contributed by atoms with Crippen molar-refractivity contribution in [3.8, 4) is 0 Å². The molecule has 1 spiro atoms. The number of carbonyl (C=O) groups is 1. The number of piperidine rings is 1. The largest absolute Gasteiger partial charge is 0.345 e. The second kappa shape index (κ2) is 5.06. The maximum Gasteiger partial charge on any atom is 0.253 e. The molecular weight excluding hydrogens is 248 g/mol. The average molecular weight is 270 g/mol. The summed E-state index contributed by atoms with van der Waals surface area (Å²) in [6, 6.07) is 8.46. The van der Waals surface area contributed by atoms with Crippen molar-refractivity contribution >= 4 is 11.5 Å². The van der Waals surface area contributed by atoms with Gasteiger partial charge in [0.15, 0.2) is 0 Å². The van der Waals surface area contributed by atoms with E-state index in [0.29, 0.717) is 0 Å². The second-order valence-electron chi connectivity index (χ2n) is 6.10. The number of nitrogens with one attached hydrogen (secondary N) is 1. The fourth-order valence-corrected chi connectivity index (χ4v) is 3.52. The second-order valence-corrected chi connectivity index (χ2v) is 6.10. The van der Waals surface area contributed by atoms with Crippen LogP contribution in [0.4, 0.5) is 0 Å². The first-order valence-electron chi connectivity index (χ1n) is 7.36. The number of nitrogens with zero attached hydrogens (tertiary/aromatic N) is 1. The first kappa shape index (κ1) is 13.4. The van der Waals surface area contributed by atoms with Crippen molar-refractivity contribution in [2.24, 2.45) is 0 Å². The summed E-state index contributed by atoms with van der Waals surface area (Å²) in [6.07, 6.45) is 5.46. The maximum atomic E-state index is 12.4. The molecule has 20 heavy (non-hydrogen) atoms. The molecule has 1 fully saturated rings. The molecule has 3 rings (SSSR count). The standard InChI is InChI=1S/C17H22N2O/c1-19(2)16(20)14-7-8-17(9-11-18-12-10-17)15-6-4-3-5-13(14)15/h3-7,18H,8-12H2,1-2H3. The maximum absolute atomic E-state index is 12.4. The molecule has 3 heteroatoms. The molecule has 1 aliphatic carbocycles. The molecule has 1 aromatic rings. The van der Waals surface area contributed by atoms with Gasteiger partial charge < -0.3 is 10.2 Å². The highest BCUT2D eigenvalue weighted by molar-refractivity contribution is 6.20. The zero-order chi connectivity index (χ0) is 14.2. The first-order valence-corrected chi connectivity index (χ1v) is 7.36. The van der Waals surface area contributed by atoms with E-state index in [1.165, 1.54) is 5.56 Å². The molecule has 0 unspecified atom stereocenters. The molecule has 1 aromatic carbocycles. The number of allylic oxidation sites excluding steroid dienone is 1. The lowest BCUT2D eigenvalue weighted by molar-refractivity contribution is -0.122. The van der Waals surface area contributed by atoms with Crippen LogP contribution in [-0.2, 0) is 10.2 Å². The predicted octanol–water partition coefficient (Wildman–Crippen LogP) is 2.18. The third kappa shape index (κ3) is 2.06. The summed E-state index contributed by atoms with van der Waals surface area (Å²) in [7, 11) is 3.64. The van der Waals surface area contributed by atoms with Gasteiger partial charge in [-0.3, -0.25) is 4.79 Å². The fraction of sp³-hybridized carbons (Fsp3) is 0.471. The lowest BCUT2D eigenvalue weighted by Gasteiger charge is -2.41. The molecule has 0 bridgehead atoms. The molecule has 1 aliphatic heterocycles. The molecule has 1 N–H and O–H groups in total. The molecule has 1 amide bonds. The molecule has 2 aliphatic rings. The van der Waals surface area contributed by atoms with Crippen molar-refractivity contribution in [1.82, 2.24) is 10.2 Å². The molecule has 106 valence electrons. The van der Waals surface area contributed by atoms with E-state index in [2.05, 4.69) is 29.6 Å². The predicted molar refractivity (Wildman–Crippen MR) is 81.5 cm³/mol. The molecule has 1 heterocycles. The van der Waals surface area contributed by atoms with Crippen LogP contribution in [0, 0.1) is 0 Å². The van der Waals surface area contributed by atoms with Gasteiger partial charge in [0.1, 0.15) is 0 Å². The van der Waals surface area contributed by atoms with Crippen LogP contribution in [0.25, 0.3) is 5.57 Å². The molecule has 3 nitrogen and oxygen atoms in total. The number of rotatable bonds is 1. The molecule has 0 saturated carbocycles. The minimum absolute atomic E-state index is 0.112. The highest BCUT2D eigenvalue weighted by Crippen LogP contribution is 2.44. The third-order valence-corrected chi connectivity index (χ3v) is 4.68. The van der Waals surface area contributed by atoms with Gasteiger partial charge in [-0.05, 0) is 43.5 Å². The number of amides is 1. The van der Waals surface area contributed by atoms with Crippen LogP contribution in [0.15, 0.2) is 30.3 Å². The van der Waals surface area contributed by atoms with Crippen LogP contribution < -0.4 is 5.32 Å². The monoisotopic (exact) mass is 270 g/mol. The van der Waals surface area contributed by atoms with E-state index in [9.17, 15) is 4.79 Å². The SMILES string of the molecule is CN(C)C(=O)C1=CCC2(CCNCC2)c2ccccc21. The summed E-state index contributed by atoms with van der Waals surface area (Å²) in [5.41, 5.74) is 3.61. The number of hydrogen-bond donors (Lipinski definition) is 1. The lowest BCUT2D eigenvalue weighted by Crippen LogP contribution is -2.41. The van der Waals surface area contributed by atoms with Crippen LogP contribution >= 0.6 is 0 Å². The lowest BCUT2D eigenvalue weighted by atomic mass is 9.65. The Kier molecular flexibility index (Phi) is 3.38. The van der Waals surface area contributed by atoms with E-state index >= 15 is 0 Å². The van der Waals surface area contributed by atoms with Gasteiger partial charge in [-0.1, -0.05) is 30.3 Å². The van der Waals surface area contributed by atoms with Gasteiger partial charge in [0.25, 0.3) is 5.91 Å². The summed E-state index contributed by atoms with van der Waals surface area (Å²) in [5.74, 6) is 0.112. The summed E-state index contributed by atoms with van der Waals surface area (Å²) < 4.78 is 0. The number of carbonyl (C=O) groups excluding carboxylic acids is 1. The van der Waals surface area contributed by atoms with Gasteiger partial charge in [0.05, 0.1) is 0 Å². The Hall–Kier alpha value is -1.61. The van der Waals surface area contributed by atoms with Gasteiger partial charge in [-0.2, -0.15) is 0 Å². The quantitative estimate of drug-likeness (QED) is 0.848. The molecule has 0 aromatic heterocycles. The topological polar surface area (TPSA) is 32.3 Å². The van der Waals surface area contributed by atoms with E-state index in [0.717, 1.165) is 43.5 Å². The zero-order valence-electron chi connectivity index (χ0n) is 12.3. The smallest absolute Gasteiger partial charge is 0.253 e. The normalized spacial score (nSPS) is 20.2. The summed E-state index contributed by atoms with van der Waals surface area (Å²) in [5, 5.41) is 3.44. The number of likely N-dealkylation sites (N-methyl/N-ethyl adjacent to an activating group) is 1. The summed E-state index contributed by atoms with van der Waals surface area (Å²) in [6.45, 7) is 2.14. The van der Waals surface area contributed by atoms with Crippen LogP contribution in [0.5, 0.6) is 0 Å². The minimum Gasteiger partial charge on any atom is -0.345 e. The van der Waals surface area contributed by atoms with Gasteiger partial charge >= 0.3 is 0 Å². The van der Waals surface area contributed by atoms with Gasteiger partial charge in [-0.25, -0.2) is 0 Å². The van der Waals surface area contributed by atoms with Crippen molar-refractivity contribution in [3.63, 3.8) is 0 Å². The first-order chi connectivity index (χ1) is 9.64. The van der Waals surface area contributed by atoms with E-state index in [4.69, 9.17) is 0 Å². The Balaban J connectivity index is 2.06. The summed E-state index contributed by atoms with van der Waals surface area (Å²) >= 11 is 0. The molecule has 1 saturated heterocycles. The van der Waals surface area contributed by atoms with Crippen LogP contribution in [0.3, 0.4) is 0 Å². The Labute approximate surface area is 120 Å². The molecular formula is C17H22N2O. The van der Waals surface area contributed by atoms with E-state index in [1.807, 2.05) is 20.2 Å². The fourth-order valence-electron chi connectivity index (χ4n) is 3.52. The van der Waals surface area contributed by atoms with E-state index < -0.39 is 0 Å². The highest BCUT2D eigenvalue weighted by atomic mass is 16.2. The molecule has 0 atom stereocenters. The Morgan fingerprint density at radius 1 is 1.20 bits per heavy atom. The van der Waals surface area contributed by atoms with Gasteiger partial charge in [-0.15, -0.1) is 0 Å².